The molecule has 76 valence electrons. The number of hydrogen-bond donors (Lipinski definition) is 0. The fourth-order valence-corrected chi connectivity index (χ4v) is 1.41. The molecule has 0 heterocycles. The molecule has 0 unspecified atom stereocenters. The van der Waals surface area contributed by atoms with Gasteiger partial charge in [-0.2, -0.15) is 0 Å². The summed E-state index contributed by atoms with van der Waals surface area (Å²) in [4.78, 5) is 3.72. The van der Waals surface area contributed by atoms with Crippen LogP contribution in [0.25, 0.3) is 0 Å². The Morgan fingerprint density at radius 1 is 1.36 bits per heavy atom. The van der Waals surface area contributed by atoms with Crippen LogP contribution in [-0.4, -0.2) is 19.9 Å². The van der Waals surface area contributed by atoms with Crippen molar-refractivity contribution in [2.24, 2.45) is 4.99 Å². The van der Waals surface area contributed by atoms with Crippen LogP contribution in [0.1, 0.15) is 6.42 Å². The summed E-state index contributed by atoms with van der Waals surface area (Å²) in [6.07, 6.45) is 0.836. The van der Waals surface area contributed by atoms with Crippen LogP contribution in [0.2, 0.25) is 10.0 Å². The Morgan fingerprint density at radius 3 is 2.79 bits per heavy atom. The summed E-state index contributed by atoms with van der Waals surface area (Å²) in [5.74, 6) is 0.653. The zero-order valence-electron chi connectivity index (χ0n) is 7.67. The first-order valence-corrected chi connectivity index (χ1v) is 5.00. The van der Waals surface area contributed by atoms with E-state index < -0.39 is 0 Å². The average Bonchev–Trinajstić information content (AvgIpc) is 2.15. The number of benzene rings is 1. The quantitative estimate of drug-likeness (QED) is 0.562. The molecule has 0 atom stereocenters. The number of rotatable bonds is 5. The zero-order chi connectivity index (χ0) is 10.4. The van der Waals surface area contributed by atoms with Crippen LogP contribution in [0, 0.1) is 0 Å². The summed E-state index contributed by atoms with van der Waals surface area (Å²) in [6, 6.07) is 5.16. The Labute approximate surface area is 93.5 Å². The van der Waals surface area contributed by atoms with Gasteiger partial charge < -0.3 is 9.73 Å². The molecule has 1 aromatic rings. The molecule has 2 nitrogen and oxygen atoms in total. The SMILES string of the molecule is C=NCCCOc1ccc(Cl)cc1Cl. The molecule has 0 aliphatic heterocycles. The maximum Gasteiger partial charge on any atom is 0.137 e. The summed E-state index contributed by atoms with van der Waals surface area (Å²) >= 11 is 11.6. The van der Waals surface area contributed by atoms with Crippen molar-refractivity contribution in [1.82, 2.24) is 0 Å². The molecule has 0 spiro atoms. The average molecular weight is 232 g/mol. The Hall–Kier alpha value is -0.730. The van der Waals surface area contributed by atoms with Crippen molar-refractivity contribution in [3.05, 3.63) is 28.2 Å². The van der Waals surface area contributed by atoms with Crippen LogP contribution >= 0.6 is 23.2 Å². The molecule has 0 fully saturated rings. The summed E-state index contributed by atoms with van der Waals surface area (Å²) in [7, 11) is 0. The summed E-state index contributed by atoms with van der Waals surface area (Å²) < 4.78 is 5.42. The van der Waals surface area contributed by atoms with E-state index in [0.29, 0.717) is 28.9 Å². The van der Waals surface area contributed by atoms with Crippen molar-refractivity contribution >= 4 is 29.9 Å². The van der Waals surface area contributed by atoms with Gasteiger partial charge in [0.25, 0.3) is 0 Å². The molecule has 1 aromatic carbocycles. The first-order valence-electron chi connectivity index (χ1n) is 4.24. The zero-order valence-corrected chi connectivity index (χ0v) is 9.18. The van der Waals surface area contributed by atoms with Gasteiger partial charge >= 0.3 is 0 Å². The van der Waals surface area contributed by atoms with E-state index in [-0.39, 0.29) is 0 Å². The molecule has 0 bridgehead atoms. The lowest BCUT2D eigenvalue weighted by molar-refractivity contribution is 0.314. The lowest BCUT2D eigenvalue weighted by atomic mass is 10.3. The number of ether oxygens (including phenoxy) is 1. The molecular weight excluding hydrogens is 221 g/mol. The number of nitrogens with zero attached hydrogens (tertiary/aromatic N) is 1. The second-order valence-electron chi connectivity index (χ2n) is 2.72. The van der Waals surface area contributed by atoms with Crippen LogP contribution < -0.4 is 4.74 Å². The van der Waals surface area contributed by atoms with Crippen molar-refractivity contribution in [2.45, 2.75) is 6.42 Å². The van der Waals surface area contributed by atoms with Crippen LogP contribution in [0.15, 0.2) is 23.2 Å². The lowest BCUT2D eigenvalue weighted by Gasteiger charge is -2.06. The van der Waals surface area contributed by atoms with E-state index in [9.17, 15) is 0 Å². The van der Waals surface area contributed by atoms with Crippen molar-refractivity contribution in [3.63, 3.8) is 0 Å². The van der Waals surface area contributed by atoms with Gasteiger partial charge in [0.15, 0.2) is 0 Å². The predicted octanol–water partition coefficient (Wildman–Crippen LogP) is 3.46. The second kappa shape index (κ2) is 5.89. The van der Waals surface area contributed by atoms with Gasteiger partial charge in [-0.3, -0.25) is 0 Å². The lowest BCUT2D eigenvalue weighted by Crippen LogP contribution is -1.99. The van der Waals surface area contributed by atoms with Gasteiger partial charge in [0, 0.05) is 18.0 Å². The van der Waals surface area contributed by atoms with E-state index in [1.165, 1.54) is 0 Å². The molecule has 0 saturated heterocycles. The van der Waals surface area contributed by atoms with Gasteiger partial charge in [-0.15, -0.1) is 0 Å². The predicted molar refractivity (Wildman–Crippen MR) is 61.0 cm³/mol. The number of halogens is 2. The number of hydrogen-bond acceptors (Lipinski definition) is 2. The highest BCUT2D eigenvalue weighted by molar-refractivity contribution is 6.35. The third kappa shape index (κ3) is 3.56. The van der Waals surface area contributed by atoms with Crippen LogP contribution in [0.4, 0.5) is 0 Å². The number of aliphatic imine (C=N–C) groups is 1. The van der Waals surface area contributed by atoms with Crippen molar-refractivity contribution < 1.29 is 4.74 Å². The molecule has 0 aliphatic carbocycles. The van der Waals surface area contributed by atoms with E-state index in [0.717, 1.165) is 6.42 Å². The molecular formula is C10H11Cl2NO. The minimum Gasteiger partial charge on any atom is -0.492 e. The van der Waals surface area contributed by atoms with Crippen LogP contribution in [-0.2, 0) is 0 Å². The van der Waals surface area contributed by atoms with E-state index in [2.05, 4.69) is 11.7 Å². The van der Waals surface area contributed by atoms with Crippen LogP contribution in [0.3, 0.4) is 0 Å². The molecule has 0 aromatic heterocycles. The Morgan fingerprint density at radius 2 is 2.14 bits per heavy atom. The summed E-state index contributed by atoms with van der Waals surface area (Å²) in [5.41, 5.74) is 0. The maximum atomic E-state index is 5.90. The smallest absolute Gasteiger partial charge is 0.137 e. The highest BCUT2D eigenvalue weighted by atomic mass is 35.5. The van der Waals surface area contributed by atoms with E-state index in [1.54, 1.807) is 18.2 Å². The van der Waals surface area contributed by atoms with E-state index >= 15 is 0 Å². The third-order valence-electron chi connectivity index (χ3n) is 1.61. The molecule has 0 aliphatic rings. The van der Waals surface area contributed by atoms with Crippen molar-refractivity contribution in [2.75, 3.05) is 13.2 Å². The molecule has 14 heavy (non-hydrogen) atoms. The molecule has 0 saturated carbocycles. The standard InChI is InChI=1S/C10H11Cl2NO/c1-13-5-2-6-14-10-4-3-8(11)7-9(10)12/h3-4,7H,1-2,5-6H2. The minimum absolute atomic E-state index is 0.532. The maximum absolute atomic E-state index is 5.90. The molecule has 0 N–H and O–H groups in total. The van der Waals surface area contributed by atoms with Crippen molar-refractivity contribution in [3.8, 4) is 5.75 Å². The summed E-state index contributed by atoms with van der Waals surface area (Å²) in [5, 5.41) is 1.14. The molecule has 1 rings (SSSR count). The highest BCUT2D eigenvalue weighted by Gasteiger charge is 2.01. The molecule has 4 heteroatoms. The van der Waals surface area contributed by atoms with Crippen molar-refractivity contribution in [1.29, 1.82) is 0 Å². The molecule has 0 radical (unpaired) electrons. The first-order chi connectivity index (χ1) is 6.74. The normalized spacial score (nSPS) is 9.86. The topological polar surface area (TPSA) is 21.6 Å². The minimum atomic E-state index is 0.532. The van der Waals surface area contributed by atoms with Gasteiger partial charge in [0.2, 0.25) is 0 Å². The Kier molecular flexibility index (Phi) is 4.77. The Bertz CT molecular complexity index is 315. The second-order valence-corrected chi connectivity index (χ2v) is 3.57. The van der Waals surface area contributed by atoms with Gasteiger partial charge in [0.1, 0.15) is 5.75 Å². The Balaban J connectivity index is 2.46. The van der Waals surface area contributed by atoms with E-state index in [1.807, 2.05) is 0 Å². The van der Waals surface area contributed by atoms with E-state index in [4.69, 9.17) is 27.9 Å². The van der Waals surface area contributed by atoms with Gasteiger partial charge in [-0.1, -0.05) is 23.2 Å². The highest BCUT2D eigenvalue weighted by Crippen LogP contribution is 2.27. The summed E-state index contributed by atoms with van der Waals surface area (Å²) in [6.45, 7) is 4.67. The third-order valence-corrected chi connectivity index (χ3v) is 2.14. The largest absolute Gasteiger partial charge is 0.492 e. The van der Waals surface area contributed by atoms with Crippen LogP contribution in [0.5, 0.6) is 5.75 Å². The molecule has 0 amide bonds. The van der Waals surface area contributed by atoms with Gasteiger partial charge in [-0.05, 0) is 24.9 Å². The fourth-order valence-electron chi connectivity index (χ4n) is 0.951. The first kappa shape index (κ1) is 11.3. The monoisotopic (exact) mass is 231 g/mol. The van der Waals surface area contributed by atoms with Gasteiger partial charge in [-0.25, -0.2) is 0 Å². The fraction of sp³-hybridized carbons (Fsp3) is 0.300. The van der Waals surface area contributed by atoms with Gasteiger partial charge in [0.05, 0.1) is 11.6 Å².